The molecule has 0 bridgehead atoms. The van der Waals surface area contributed by atoms with E-state index in [2.05, 4.69) is 0 Å². The highest BCUT2D eigenvalue weighted by atomic mass is 16.5. The second kappa shape index (κ2) is 6.47. The van der Waals surface area contributed by atoms with Gasteiger partial charge in [-0.15, -0.1) is 0 Å². The van der Waals surface area contributed by atoms with Gasteiger partial charge in [-0.3, -0.25) is 0 Å². The standard InChI is InChI=1S/C17H20O5/c1-10(13-6-5-12(18)9-14(13)19)11-7-15(20-2)17(22-4)16(8-11)21-3/h5-10,18-19H,1-4H3. The van der Waals surface area contributed by atoms with Crippen LogP contribution in [0.4, 0.5) is 0 Å². The molecule has 2 N–H and O–H groups in total. The number of phenols is 2. The van der Waals surface area contributed by atoms with Crippen LogP contribution in [0.3, 0.4) is 0 Å². The number of rotatable bonds is 5. The van der Waals surface area contributed by atoms with Crippen molar-refractivity contribution in [2.24, 2.45) is 0 Å². The zero-order chi connectivity index (χ0) is 16.3. The molecule has 0 amide bonds. The van der Waals surface area contributed by atoms with Gasteiger partial charge in [-0.2, -0.15) is 0 Å². The summed E-state index contributed by atoms with van der Waals surface area (Å²) in [5.41, 5.74) is 1.60. The van der Waals surface area contributed by atoms with Gasteiger partial charge in [-0.1, -0.05) is 13.0 Å². The Bertz CT molecular complexity index is 641. The third kappa shape index (κ3) is 2.88. The van der Waals surface area contributed by atoms with Crippen molar-refractivity contribution in [3.63, 3.8) is 0 Å². The predicted molar refractivity (Wildman–Crippen MR) is 83.4 cm³/mol. The third-order valence-corrected chi connectivity index (χ3v) is 3.67. The molecule has 1 atom stereocenters. The molecule has 0 heterocycles. The molecule has 0 aliphatic heterocycles. The average Bonchev–Trinajstić information content (AvgIpc) is 2.52. The SMILES string of the molecule is COc1cc(C(C)c2ccc(O)cc2O)cc(OC)c1OC. The van der Waals surface area contributed by atoms with E-state index in [1.165, 1.54) is 6.07 Å². The van der Waals surface area contributed by atoms with Crippen molar-refractivity contribution >= 4 is 0 Å². The van der Waals surface area contributed by atoms with E-state index in [-0.39, 0.29) is 17.4 Å². The maximum Gasteiger partial charge on any atom is 0.203 e. The molecular weight excluding hydrogens is 284 g/mol. The molecule has 118 valence electrons. The van der Waals surface area contributed by atoms with Crippen molar-refractivity contribution in [1.82, 2.24) is 0 Å². The number of phenolic OH excluding ortho intramolecular Hbond substituents is 2. The number of benzene rings is 2. The van der Waals surface area contributed by atoms with Crippen LogP contribution in [0.2, 0.25) is 0 Å². The molecule has 22 heavy (non-hydrogen) atoms. The van der Waals surface area contributed by atoms with Crippen LogP contribution in [-0.4, -0.2) is 31.5 Å². The molecule has 0 radical (unpaired) electrons. The van der Waals surface area contributed by atoms with Gasteiger partial charge in [0.05, 0.1) is 21.3 Å². The van der Waals surface area contributed by atoms with E-state index in [4.69, 9.17) is 14.2 Å². The topological polar surface area (TPSA) is 68.2 Å². The third-order valence-electron chi connectivity index (χ3n) is 3.67. The van der Waals surface area contributed by atoms with Gasteiger partial charge in [-0.05, 0) is 23.8 Å². The lowest BCUT2D eigenvalue weighted by molar-refractivity contribution is 0.323. The summed E-state index contributed by atoms with van der Waals surface area (Å²) >= 11 is 0. The van der Waals surface area contributed by atoms with Crippen LogP contribution >= 0.6 is 0 Å². The smallest absolute Gasteiger partial charge is 0.203 e. The lowest BCUT2D eigenvalue weighted by Gasteiger charge is -2.18. The van der Waals surface area contributed by atoms with Gasteiger partial charge in [0, 0.05) is 17.5 Å². The molecule has 5 nitrogen and oxygen atoms in total. The molecule has 2 aromatic carbocycles. The summed E-state index contributed by atoms with van der Waals surface area (Å²) in [6.07, 6.45) is 0. The molecular formula is C17H20O5. The van der Waals surface area contributed by atoms with E-state index in [1.54, 1.807) is 33.5 Å². The normalized spacial score (nSPS) is 11.8. The van der Waals surface area contributed by atoms with Crippen molar-refractivity contribution in [1.29, 1.82) is 0 Å². The summed E-state index contributed by atoms with van der Waals surface area (Å²) in [7, 11) is 4.67. The molecule has 0 fully saturated rings. The van der Waals surface area contributed by atoms with Crippen molar-refractivity contribution in [2.75, 3.05) is 21.3 Å². The molecule has 0 saturated carbocycles. The molecule has 0 saturated heterocycles. The van der Waals surface area contributed by atoms with Crippen LogP contribution < -0.4 is 14.2 Å². The Labute approximate surface area is 129 Å². The Morgan fingerprint density at radius 2 is 1.45 bits per heavy atom. The van der Waals surface area contributed by atoms with Crippen LogP contribution in [-0.2, 0) is 0 Å². The van der Waals surface area contributed by atoms with E-state index in [1.807, 2.05) is 19.1 Å². The molecule has 1 unspecified atom stereocenters. The summed E-state index contributed by atoms with van der Waals surface area (Å²) in [5, 5.41) is 19.4. The van der Waals surface area contributed by atoms with Gasteiger partial charge >= 0.3 is 0 Å². The van der Waals surface area contributed by atoms with E-state index < -0.39 is 0 Å². The first-order valence-electron chi connectivity index (χ1n) is 6.83. The quantitative estimate of drug-likeness (QED) is 0.887. The lowest BCUT2D eigenvalue weighted by Crippen LogP contribution is -2.01. The summed E-state index contributed by atoms with van der Waals surface area (Å²) in [5.74, 6) is 1.59. The summed E-state index contributed by atoms with van der Waals surface area (Å²) < 4.78 is 16.0. The molecule has 0 aliphatic rings. The fraction of sp³-hybridized carbons (Fsp3) is 0.294. The highest BCUT2D eigenvalue weighted by Gasteiger charge is 2.19. The molecule has 0 aromatic heterocycles. The van der Waals surface area contributed by atoms with Crippen molar-refractivity contribution in [3.05, 3.63) is 41.5 Å². The monoisotopic (exact) mass is 304 g/mol. The van der Waals surface area contributed by atoms with Gasteiger partial charge in [0.15, 0.2) is 11.5 Å². The Morgan fingerprint density at radius 1 is 0.864 bits per heavy atom. The molecule has 0 aliphatic carbocycles. The first-order valence-corrected chi connectivity index (χ1v) is 6.83. The molecule has 5 heteroatoms. The van der Waals surface area contributed by atoms with Crippen LogP contribution in [0.15, 0.2) is 30.3 Å². The van der Waals surface area contributed by atoms with E-state index in [9.17, 15) is 10.2 Å². The number of hydrogen-bond acceptors (Lipinski definition) is 5. The zero-order valence-electron chi connectivity index (χ0n) is 13.1. The van der Waals surface area contributed by atoms with Gasteiger partial charge in [0.1, 0.15) is 11.5 Å². The molecule has 2 aromatic rings. The first-order chi connectivity index (χ1) is 10.5. The van der Waals surface area contributed by atoms with E-state index >= 15 is 0 Å². The Hall–Kier alpha value is -2.56. The average molecular weight is 304 g/mol. The lowest BCUT2D eigenvalue weighted by atomic mass is 9.92. The van der Waals surface area contributed by atoms with Crippen LogP contribution in [0.5, 0.6) is 28.7 Å². The van der Waals surface area contributed by atoms with E-state index in [0.717, 1.165) is 5.56 Å². The minimum Gasteiger partial charge on any atom is -0.508 e. The maximum absolute atomic E-state index is 10.0. The first kappa shape index (κ1) is 15.8. The van der Waals surface area contributed by atoms with Gasteiger partial charge in [-0.25, -0.2) is 0 Å². The summed E-state index contributed by atoms with van der Waals surface area (Å²) in [4.78, 5) is 0. The number of hydrogen-bond donors (Lipinski definition) is 2. The van der Waals surface area contributed by atoms with Crippen molar-refractivity contribution in [2.45, 2.75) is 12.8 Å². The van der Waals surface area contributed by atoms with Gasteiger partial charge in [0.2, 0.25) is 5.75 Å². The van der Waals surface area contributed by atoms with Gasteiger partial charge < -0.3 is 24.4 Å². The number of methoxy groups -OCH3 is 3. The molecule has 0 spiro atoms. The van der Waals surface area contributed by atoms with E-state index in [0.29, 0.717) is 22.8 Å². The van der Waals surface area contributed by atoms with Crippen molar-refractivity contribution in [3.8, 4) is 28.7 Å². The fourth-order valence-electron chi connectivity index (χ4n) is 2.43. The minimum absolute atomic E-state index is 0.0262. The largest absolute Gasteiger partial charge is 0.508 e. The molecule has 2 rings (SSSR count). The Balaban J connectivity index is 2.51. The predicted octanol–water partition coefficient (Wildman–Crippen LogP) is 3.28. The fourth-order valence-corrected chi connectivity index (χ4v) is 2.43. The second-order valence-corrected chi connectivity index (χ2v) is 4.92. The van der Waals surface area contributed by atoms with Gasteiger partial charge in [0.25, 0.3) is 0 Å². The maximum atomic E-state index is 10.0. The second-order valence-electron chi connectivity index (χ2n) is 4.92. The van der Waals surface area contributed by atoms with Crippen LogP contribution in [0.25, 0.3) is 0 Å². The summed E-state index contributed by atoms with van der Waals surface area (Å²) in [6.45, 7) is 1.95. The highest BCUT2D eigenvalue weighted by Crippen LogP contribution is 2.42. The van der Waals surface area contributed by atoms with Crippen LogP contribution in [0, 0.1) is 0 Å². The zero-order valence-corrected chi connectivity index (χ0v) is 13.1. The minimum atomic E-state index is -0.116. The van der Waals surface area contributed by atoms with Crippen molar-refractivity contribution < 1.29 is 24.4 Å². The van der Waals surface area contributed by atoms with Crippen LogP contribution in [0.1, 0.15) is 24.0 Å². The Morgan fingerprint density at radius 3 is 1.91 bits per heavy atom. The number of aromatic hydroxyl groups is 2. The number of ether oxygens (including phenoxy) is 3. The highest BCUT2D eigenvalue weighted by molar-refractivity contribution is 5.56. The summed E-state index contributed by atoms with van der Waals surface area (Å²) in [6, 6.07) is 8.25. The Kier molecular flexibility index (Phi) is 4.65.